The van der Waals surface area contributed by atoms with Gasteiger partial charge in [0, 0.05) is 6.54 Å². The molecule has 2 atom stereocenters. The van der Waals surface area contributed by atoms with Crippen molar-refractivity contribution in [3.05, 3.63) is 6.92 Å². The van der Waals surface area contributed by atoms with Crippen molar-refractivity contribution in [2.75, 3.05) is 19.7 Å². The Morgan fingerprint density at radius 2 is 2.50 bits per heavy atom. The Kier molecular flexibility index (Phi) is 3.02. The van der Waals surface area contributed by atoms with E-state index in [0.29, 0.717) is 6.54 Å². The largest absolute Gasteiger partial charge is 0.394 e. The van der Waals surface area contributed by atoms with Gasteiger partial charge >= 0.3 is 0 Å². The number of hydrogen-bond acceptors (Lipinski definition) is 4. The highest BCUT2D eigenvalue weighted by molar-refractivity contribution is 5.79. The predicted molar refractivity (Wildman–Crippen MR) is 42.0 cm³/mol. The van der Waals surface area contributed by atoms with Crippen molar-refractivity contribution in [2.24, 2.45) is 0 Å². The van der Waals surface area contributed by atoms with E-state index in [1.54, 1.807) is 0 Å². The first-order valence-corrected chi connectivity index (χ1v) is 3.79. The molecule has 0 aromatic carbocycles. The molecule has 1 heterocycles. The number of nitrogens with zero attached hydrogens (tertiary/aromatic N) is 1. The highest BCUT2D eigenvalue weighted by Gasteiger charge is 2.25. The summed E-state index contributed by atoms with van der Waals surface area (Å²) in [5.74, 6) is -0.192. The van der Waals surface area contributed by atoms with Crippen LogP contribution in [0.25, 0.3) is 0 Å². The number of nitrogens with one attached hydrogen (secondary N) is 1. The van der Waals surface area contributed by atoms with Gasteiger partial charge in [0.15, 0.2) is 0 Å². The topological polar surface area (TPSA) is 72.8 Å². The van der Waals surface area contributed by atoms with Crippen LogP contribution in [0.15, 0.2) is 0 Å². The summed E-state index contributed by atoms with van der Waals surface area (Å²) in [5, 5.41) is 20.4. The van der Waals surface area contributed by atoms with Gasteiger partial charge < -0.3 is 15.5 Å². The van der Waals surface area contributed by atoms with E-state index in [1.165, 1.54) is 4.90 Å². The molecule has 0 spiro atoms. The summed E-state index contributed by atoms with van der Waals surface area (Å²) < 4.78 is 0. The lowest BCUT2D eigenvalue weighted by molar-refractivity contribution is -0.129. The lowest BCUT2D eigenvalue weighted by Gasteiger charge is -2.33. The van der Waals surface area contributed by atoms with Gasteiger partial charge in [-0.05, 0) is 6.92 Å². The maximum Gasteiger partial charge on any atom is 0.234 e. The van der Waals surface area contributed by atoms with E-state index in [0.717, 1.165) is 0 Å². The highest BCUT2D eigenvalue weighted by atomic mass is 16.3. The number of aliphatic hydroxyl groups is 2. The highest BCUT2D eigenvalue weighted by Crippen LogP contribution is 2.02. The third kappa shape index (κ3) is 2.17. The van der Waals surface area contributed by atoms with Crippen molar-refractivity contribution in [2.45, 2.75) is 12.3 Å². The molecule has 2 unspecified atom stereocenters. The fourth-order valence-corrected chi connectivity index (χ4v) is 1.18. The first-order chi connectivity index (χ1) is 5.63. The van der Waals surface area contributed by atoms with E-state index in [1.807, 2.05) is 0 Å². The zero-order chi connectivity index (χ0) is 9.14. The van der Waals surface area contributed by atoms with Gasteiger partial charge in [-0.25, -0.2) is 0 Å². The molecule has 12 heavy (non-hydrogen) atoms. The minimum Gasteiger partial charge on any atom is -0.394 e. The molecule has 1 saturated heterocycles. The molecule has 0 saturated carbocycles. The van der Waals surface area contributed by atoms with Crippen molar-refractivity contribution in [1.29, 1.82) is 0 Å². The molecule has 0 bridgehead atoms. The summed E-state index contributed by atoms with van der Waals surface area (Å²) in [5.41, 5.74) is 0. The average Bonchev–Trinajstić information content (AvgIpc) is 2.03. The Balaban J connectivity index is 2.51. The molecule has 1 aliphatic heterocycles. The van der Waals surface area contributed by atoms with Crippen molar-refractivity contribution < 1.29 is 15.0 Å². The standard InChI is InChI=1S/C7H13N2O3/c1-5(11)9-2-6(4-10)8-7(12)3-9/h5-6,10-11H,1-4H2,(H,8,12). The summed E-state index contributed by atoms with van der Waals surface area (Å²) >= 11 is 0. The quantitative estimate of drug-likeness (QED) is 0.448. The van der Waals surface area contributed by atoms with Gasteiger partial charge in [0.05, 0.1) is 19.2 Å². The Hall–Kier alpha value is -0.650. The van der Waals surface area contributed by atoms with Crippen LogP contribution < -0.4 is 5.32 Å². The van der Waals surface area contributed by atoms with Gasteiger partial charge in [0.25, 0.3) is 0 Å². The zero-order valence-electron chi connectivity index (χ0n) is 6.73. The summed E-state index contributed by atoms with van der Waals surface area (Å²) in [7, 11) is 0. The van der Waals surface area contributed by atoms with Crippen LogP contribution >= 0.6 is 0 Å². The molecular weight excluding hydrogens is 160 g/mol. The van der Waals surface area contributed by atoms with Crippen LogP contribution in [0.5, 0.6) is 0 Å². The molecule has 0 aliphatic carbocycles. The fourth-order valence-electron chi connectivity index (χ4n) is 1.18. The van der Waals surface area contributed by atoms with Gasteiger partial charge in [-0.2, -0.15) is 0 Å². The predicted octanol–water partition coefficient (Wildman–Crippen LogP) is -2.07. The number of aliphatic hydroxyl groups excluding tert-OH is 2. The van der Waals surface area contributed by atoms with E-state index >= 15 is 0 Å². The second-order valence-corrected chi connectivity index (χ2v) is 2.86. The first-order valence-electron chi connectivity index (χ1n) is 3.79. The number of rotatable bonds is 2. The maximum absolute atomic E-state index is 10.9. The van der Waals surface area contributed by atoms with Crippen LogP contribution in [0.1, 0.15) is 0 Å². The molecule has 0 aromatic heterocycles. The second kappa shape index (κ2) is 3.84. The average molecular weight is 173 g/mol. The van der Waals surface area contributed by atoms with E-state index < -0.39 is 6.23 Å². The lowest BCUT2D eigenvalue weighted by atomic mass is 10.2. The number of hydrogen-bond donors (Lipinski definition) is 3. The van der Waals surface area contributed by atoms with Gasteiger partial charge in [-0.1, -0.05) is 0 Å². The summed E-state index contributed by atoms with van der Waals surface area (Å²) in [6.07, 6.45) is -0.884. The summed E-state index contributed by atoms with van der Waals surface area (Å²) in [6, 6.07) is -0.289. The normalized spacial score (nSPS) is 28.2. The van der Waals surface area contributed by atoms with Crippen LogP contribution in [0.3, 0.4) is 0 Å². The van der Waals surface area contributed by atoms with Crippen molar-refractivity contribution in [1.82, 2.24) is 10.2 Å². The van der Waals surface area contributed by atoms with E-state index in [-0.39, 0.29) is 25.1 Å². The smallest absolute Gasteiger partial charge is 0.234 e. The van der Waals surface area contributed by atoms with E-state index in [9.17, 15) is 4.79 Å². The zero-order valence-corrected chi connectivity index (χ0v) is 6.73. The number of carbonyl (C=O) groups excluding carboxylic acids is 1. The number of amides is 1. The first kappa shape index (κ1) is 9.44. The fraction of sp³-hybridized carbons (Fsp3) is 0.714. The van der Waals surface area contributed by atoms with E-state index in [4.69, 9.17) is 10.2 Å². The molecule has 1 rings (SSSR count). The third-order valence-corrected chi connectivity index (χ3v) is 1.81. The Morgan fingerprint density at radius 1 is 1.83 bits per heavy atom. The molecule has 3 N–H and O–H groups in total. The summed E-state index contributed by atoms with van der Waals surface area (Å²) in [4.78, 5) is 12.4. The minimum atomic E-state index is -0.884. The summed E-state index contributed by atoms with van der Waals surface area (Å²) in [6.45, 7) is 3.85. The SMILES string of the molecule is [CH2]C(O)N1CC(=O)NC(CO)C1. The van der Waals surface area contributed by atoms with Crippen molar-refractivity contribution in [3.63, 3.8) is 0 Å². The Bertz CT molecular complexity index is 172. The molecule has 1 aliphatic rings. The van der Waals surface area contributed by atoms with Crippen LogP contribution in [-0.2, 0) is 4.79 Å². The van der Waals surface area contributed by atoms with Crippen molar-refractivity contribution >= 4 is 5.91 Å². The van der Waals surface area contributed by atoms with Gasteiger partial charge in [-0.3, -0.25) is 9.69 Å². The van der Waals surface area contributed by atoms with Gasteiger partial charge in [0.1, 0.15) is 6.23 Å². The molecule has 1 amide bonds. The molecule has 5 nitrogen and oxygen atoms in total. The van der Waals surface area contributed by atoms with Crippen LogP contribution in [0, 0.1) is 6.92 Å². The van der Waals surface area contributed by atoms with Crippen LogP contribution in [-0.4, -0.2) is 53.0 Å². The third-order valence-electron chi connectivity index (χ3n) is 1.81. The van der Waals surface area contributed by atoms with Gasteiger partial charge in [0.2, 0.25) is 5.91 Å². The molecule has 0 aromatic rings. The Labute approximate surface area is 71.0 Å². The van der Waals surface area contributed by atoms with Crippen LogP contribution in [0.4, 0.5) is 0 Å². The molecule has 1 fully saturated rings. The minimum absolute atomic E-state index is 0.116. The second-order valence-electron chi connectivity index (χ2n) is 2.86. The maximum atomic E-state index is 10.9. The van der Waals surface area contributed by atoms with Crippen LogP contribution in [0.2, 0.25) is 0 Å². The van der Waals surface area contributed by atoms with Gasteiger partial charge in [-0.15, -0.1) is 0 Å². The molecule has 1 radical (unpaired) electrons. The van der Waals surface area contributed by atoms with Crippen molar-refractivity contribution in [3.8, 4) is 0 Å². The number of piperazine rings is 1. The lowest BCUT2D eigenvalue weighted by Crippen LogP contribution is -2.57. The van der Waals surface area contributed by atoms with E-state index in [2.05, 4.69) is 12.2 Å². The molecular formula is C7H13N2O3. The molecule has 5 heteroatoms. The number of carbonyl (C=O) groups is 1. The molecule has 69 valence electrons. The monoisotopic (exact) mass is 173 g/mol. The Morgan fingerprint density at radius 3 is 3.00 bits per heavy atom.